The SMILES string of the molecule is O=C(O)/C=C(\Nc1ccc(OCc2ccccc2)cc1[N+](=O)[O-])C(=O)O. The Balaban J connectivity index is 2.24. The van der Waals surface area contributed by atoms with E-state index in [1.54, 1.807) is 0 Å². The van der Waals surface area contributed by atoms with Crippen LogP contribution in [0.2, 0.25) is 0 Å². The lowest BCUT2D eigenvalue weighted by Gasteiger charge is -2.10. The number of hydrogen-bond donors (Lipinski definition) is 3. The number of ether oxygens (including phenoxy) is 1. The fourth-order valence-electron chi connectivity index (χ4n) is 2.02. The van der Waals surface area contributed by atoms with Crippen LogP contribution in [0, 0.1) is 10.1 Å². The van der Waals surface area contributed by atoms with Gasteiger partial charge in [0.15, 0.2) is 0 Å². The third-order valence-corrected chi connectivity index (χ3v) is 3.18. The summed E-state index contributed by atoms with van der Waals surface area (Å²) in [7, 11) is 0. The molecule has 0 heterocycles. The number of nitro groups is 1. The zero-order chi connectivity index (χ0) is 19.1. The van der Waals surface area contributed by atoms with Gasteiger partial charge in [-0.2, -0.15) is 0 Å². The number of hydrogen-bond acceptors (Lipinski definition) is 6. The van der Waals surface area contributed by atoms with Crippen LogP contribution in [0.1, 0.15) is 5.56 Å². The Kier molecular flexibility index (Phi) is 5.88. The molecule has 0 amide bonds. The fourth-order valence-corrected chi connectivity index (χ4v) is 2.02. The lowest BCUT2D eigenvalue weighted by atomic mass is 10.2. The summed E-state index contributed by atoms with van der Waals surface area (Å²) in [6.07, 6.45) is 0.409. The number of nitro benzene ring substituents is 1. The van der Waals surface area contributed by atoms with Crippen molar-refractivity contribution in [3.8, 4) is 5.75 Å². The van der Waals surface area contributed by atoms with Gasteiger partial charge in [-0.15, -0.1) is 0 Å². The van der Waals surface area contributed by atoms with Crippen LogP contribution < -0.4 is 10.1 Å². The van der Waals surface area contributed by atoms with E-state index >= 15 is 0 Å². The molecular weight excluding hydrogens is 344 g/mol. The fraction of sp³-hybridized carbons (Fsp3) is 0.0588. The topological polar surface area (TPSA) is 139 Å². The molecule has 2 rings (SSSR count). The van der Waals surface area contributed by atoms with Gasteiger partial charge in [0.25, 0.3) is 5.69 Å². The molecule has 9 heteroatoms. The van der Waals surface area contributed by atoms with E-state index in [-0.39, 0.29) is 18.0 Å². The average Bonchev–Trinajstić information content (AvgIpc) is 2.60. The van der Waals surface area contributed by atoms with E-state index in [9.17, 15) is 19.7 Å². The molecule has 2 aromatic rings. The molecule has 0 saturated heterocycles. The molecule has 0 aliphatic heterocycles. The molecule has 0 spiro atoms. The monoisotopic (exact) mass is 358 g/mol. The predicted octanol–water partition coefficient (Wildman–Crippen LogP) is 2.64. The molecule has 9 nitrogen and oxygen atoms in total. The number of nitrogens with one attached hydrogen (secondary N) is 1. The molecule has 0 unspecified atom stereocenters. The molecule has 0 atom stereocenters. The van der Waals surface area contributed by atoms with Crippen molar-refractivity contribution < 1.29 is 29.5 Å². The van der Waals surface area contributed by atoms with Crippen LogP contribution in [-0.4, -0.2) is 27.1 Å². The van der Waals surface area contributed by atoms with Crippen LogP contribution in [0.15, 0.2) is 60.3 Å². The standard InChI is InChI=1S/C17H14N2O7/c20-16(21)9-14(17(22)23)18-13-7-6-12(8-15(13)19(24)25)26-10-11-4-2-1-3-5-11/h1-9,18H,10H2,(H,20,21)(H,22,23)/b14-9-. The highest BCUT2D eigenvalue weighted by molar-refractivity contribution is 5.97. The number of aliphatic carboxylic acids is 2. The zero-order valence-corrected chi connectivity index (χ0v) is 13.3. The van der Waals surface area contributed by atoms with Crippen molar-refractivity contribution in [2.75, 3.05) is 5.32 Å². The number of carboxylic acid groups (broad SMARTS) is 2. The van der Waals surface area contributed by atoms with Gasteiger partial charge in [0.2, 0.25) is 0 Å². The van der Waals surface area contributed by atoms with Crippen LogP contribution in [0.5, 0.6) is 5.75 Å². The van der Waals surface area contributed by atoms with Gasteiger partial charge in [-0.25, -0.2) is 9.59 Å². The molecule has 3 N–H and O–H groups in total. The molecule has 0 aliphatic carbocycles. The smallest absolute Gasteiger partial charge is 0.352 e. The first kappa shape index (κ1) is 18.5. The summed E-state index contributed by atoms with van der Waals surface area (Å²) in [6.45, 7) is 0.198. The lowest BCUT2D eigenvalue weighted by Crippen LogP contribution is -2.13. The molecule has 26 heavy (non-hydrogen) atoms. The van der Waals surface area contributed by atoms with Gasteiger partial charge in [-0.1, -0.05) is 30.3 Å². The quantitative estimate of drug-likeness (QED) is 0.372. The Bertz CT molecular complexity index is 863. The lowest BCUT2D eigenvalue weighted by molar-refractivity contribution is -0.384. The summed E-state index contributed by atoms with van der Waals surface area (Å²) in [5.74, 6) is -2.85. The highest BCUT2D eigenvalue weighted by Gasteiger charge is 2.19. The van der Waals surface area contributed by atoms with Crippen molar-refractivity contribution in [1.82, 2.24) is 0 Å². The predicted molar refractivity (Wildman–Crippen MR) is 90.8 cm³/mol. The van der Waals surface area contributed by atoms with E-state index in [1.165, 1.54) is 12.1 Å². The van der Waals surface area contributed by atoms with E-state index < -0.39 is 28.2 Å². The van der Waals surface area contributed by atoms with Gasteiger partial charge in [0.1, 0.15) is 23.7 Å². The molecular formula is C17H14N2O7. The van der Waals surface area contributed by atoms with E-state index in [0.29, 0.717) is 6.08 Å². The summed E-state index contributed by atoms with van der Waals surface area (Å²) in [5, 5.41) is 31.2. The van der Waals surface area contributed by atoms with Crippen molar-refractivity contribution in [1.29, 1.82) is 0 Å². The van der Waals surface area contributed by atoms with Crippen molar-refractivity contribution >= 4 is 23.3 Å². The highest BCUT2D eigenvalue weighted by atomic mass is 16.6. The highest BCUT2D eigenvalue weighted by Crippen LogP contribution is 2.30. The number of carbonyl (C=O) groups is 2. The Hall–Kier alpha value is -3.88. The molecule has 0 saturated carbocycles. The number of carboxylic acids is 2. The van der Waals surface area contributed by atoms with Crippen LogP contribution in [0.4, 0.5) is 11.4 Å². The molecule has 2 aromatic carbocycles. The number of anilines is 1. The van der Waals surface area contributed by atoms with Crippen molar-refractivity contribution in [3.05, 3.63) is 76.0 Å². The minimum Gasteiger partial charge on any atom is -0.489 e. The minimum atomic E-state index is -1.56. The van der Waals surface area contributed by atoms with Gasteiger partial charge < -0.3 is 20.3 Å². The maximum absolute atomic E-state index is 11.2. The summed E-state index contributed by atoms with van der Waals surface area (Å²) in [6, 6.07) is 13.0. The first-order valence-electron chi connectivity index (χ1n) is 7.27. The Labute approximate surface area is 147 Å². The first-order valence-corrected chi connectivity index (χ1v) is 7.27. The third-order valence-electron chi connectivity index (χ3n) is 3.18. The second-order valence-electron chi connectivity index (χ2n) is 5.04. The molecule has 0 aliphatic rings. The van der Waals surface area contributed by atoms with Crippen LogP contribution in [-0.2, 0) is 16.2 Å². The zero-order valence-electron chi connectivity index (χ0n) is 13.3. The molecule has 0 radical (unpaired) electrons. The largest absolute Gasteiger partial charge is 0.489 e. The van der Waals surface area contributed by atoms with Gasteiger partial charge in [-0.05, 0) is 17.7 Å². The number of rotatable bonds is 8. The van der Waals surface area contributed by atoms with Gasteiger partial charge in [0.05, 0.1) is 17.1 Å². The van der Waals surface area contributed by atoms with Crippen molar-refractivity contribution in [2.45, 2.75) is 6.61 Å². The molecule has 0 bridgehead atoms. The average molecular weight is 358 g/mol. The second-order valence-corrected chi connectivity index (χ2v) is 5.04. The van der Waals surface area contributed by atoms with Gasteiger partial charge in [0, 0.05) is 0 Å². The van der Waals surface area contributed by atoms with Gasteiger partial charge in [-0.3, -0.25) is 10.1 Å². The van der Waals surface area contributed by atoms with Gasteiger partial charge >= 0.3 is 11.9 Å². The second kappa shape index (κ2) is 8.29. The molecule has 0 aromatic heterocycles. The van der Waals surface area contributed by atoms with Crippen LogP contribution in [0.3, 0.4) is 0 Å². The molecule has 0 fully saturated rings. The van der Waals surface area contributed by atoms with Crippen molar-refractivity contribution in [3.63, 3.8) is 0 Å². The minimum absolute atomic E-state index is 0.169. The van der Waals surface area contributed by atoms with Crippen LogP contribution in [0.25, 0.3) is 0 Å². The number of nitrogens with zero attached hydrogens (tertiary/aromatic N) is 1. The van der Waals surface area contributed by atoms with E-state index in [2.05, 4.69) is 5.32 Å². The third kappa shape index (κ3) is 5.06. The Morgan fingerprint density at radius 1 is 1.15 bits per heavy atom. The first-order chi connectivity index (χ1) is 12.4. The molecule has 134 valence electrons. The summed E-state index contributed by atoms with van der Waals surface area (Å²) in [5.41, 5.74) is -0.460. The summed E-state index contributed by atoms with van der Waals surface area (Å²) < 4.78 is 5.50. The number of benzene rings is 2. The van der Waals surface area contributed by atoms with Crippen LogP contribution >= 0.6 is 0 Å². The maximum atomic E-state index is 11.2. The normalized spacial score (nSPS) is 10.8. The summed E-state index contributed by atoms with van der Waals surface area (Å²) >= 11 is 0. The maximum Gasteiger partial charge on any atom is 0.352 e. The van der Waals surface area contributed by atoms with Crippen molar-refractivity contribution in [2.24, 2.45) is 0 Å². The Morgan fingerprint density at radius 3 is 2.42 bits per heavy atom. The van der Waals surface area contributed by atoms with E-state index in [1.807, 2.05) is 30.3 Å². The Morgan fingerprint density at radius 2 is 1.85 bits per heavy atom. The van der Waals surface area contributed by atoms with E-state index in [0.717, 1.165) is 11.6 Å². The summed E-state index contributed by atoms with van der Waals surface area (Å²) in [4.78, 5) is 32.2. The van der Waals surface area contributed by atoms with E-state index in [4.69, 9.17) is 14.9 Å².